The smallest absolute Gasteiger partial charge is 0.255 e. The van der Waals surface area contributed by atoms with Gasteiger partial charge in [-0.1, -0.05) is 33.4 Å². The number of carbonyl (C=O) groups excluding carboxylic acids is 1. The molecule has 1 aromatic rings. The summed E-state index contributed by atoms with van der Waals surface area (Å²) >= 11 is 4.11. The van der Waals surface area contributed by atoms with E-state index in [4.69, 9.17) is 0 Å². The fraction of sp³-hybridized carbons (Fsp3) is 0.421. The van der Waals surface area contributed by atoms with Crippen LogP contribution in [0.5, 0.6) is 0 Å². The lowest BCUT2D eigenvalue weighted by Gasteiger charge is -2.19. The molecule has 126 valence electrons. The maximum Gasteiger partial charge on any atom is 0.255 e. The molecule has 0 aliphatic rings. The van der Waals surface area contributed by atoms with Crippen molar-refractivity contribution in [2.75, 3.05) is 11.1 Å². The molecular weight excluding hydrogens is 309 g/mol. The number of nitrogens with one attached hydrogen (secondary N) is 1. The summed E-state index contributed by atoms with van der Waals surface area (Å²) < 4.78 is 13.5. The van der Waals surface area contributed by atoms with Crippen LogP contribution in [0.1, 0.15) is 39.7 Å². The number of thiol groups is 1. The first kappa shape index (κ1) is 19.5. The number of halogens is 1. The van der Waals surface area contributed by atoms with E-state index in [9.17, 15) is 9.18 Å². The third-order valence-corrected chi connectivity index (χ3v) is 3.79. The van der Waals surface area contributed by atoms with E-state index in [1.807, 2.05) is 13.0 Å². The van der Waals surface area contributed by atoms with E-state index in [1.54, 1.807) is 6.07 Å². The van der Waals surface area contributed by atoms with Crippen LogP contribution in [-0.2, 0) is 11.2 Å². The molecule has 0 aliphatic heterocycles. The standard InChI is InChI=1S/C19H26FNOS/c1-13(9-11-23)14(2)18(22)21-17-7-6-16(20)12-15(17)8-10-19(3,4)5/h6-7,9,12,23H,2,8,10-11H2,1,3-5H3,(H,21,22)/b13-9-. The molecule has 0 saturated carbocycles. The molecule has 0 unspecified atom stereocenters. The van der Waals surface area contributed by atoms with Gasteiger partial charge in [0.1, 0.15) is 5.82 Å². The Morgan fingerprint density at radius 2 is 2.04 bits per heavy atom. The van der Waals surface area contributed by atoms with E-state index in [1.165, 1.54) is 12.1 Å². The Labute approximate surface area is 144 Å². The molecule has 0 atom stereocenters. The summed E-state index contributed by atoms with van der Waals surface area (Å²) in [5.74, 6) is -0.0213. The Balaban J connectivity index is 2.93. The Hall–Kier alpha value is -1.55. The van der Waals surface area contributed by atoms with Gasteiger partial charge >= 0.3 is 0 Å². The van der Waals surface area contributed by atoms with Crippen LogP contribution in [0.2, 0.25) is 0 Å². The van der Waals surface area contributed by atoms with Crippen LogP contribution < -0.4 is 5.32 Å². The summed E-state index contributed by atoms with van der Waals surface area (Å²) in [6.45, 7) is 12.0. The van der Waals surface area contributed by atoms with Gasteiger partial charge in [0.05, 0.1) is 0 Å². The molecule has 0 spiro atoms. The van der Waals surface area contributed by atoms with Crippen LogP contribution in [-0.4, -0.2) is 11.7 Å². The van der Waals surface area contributed by atoms with E-state index < -0.39 is 0 Å². The van der Waals surface area contributed by atoms with Crippen LogP contribution in [0, 0.1) is 11.2 Å². The Bertz CT molecular complexity index is 614. The van der Waals surface area contributed by atoms with Crippen molar-refractivity contribution in [3.8, 4) is 0 Å². The minimum atomic E-state index is -0.295. The molecule has 0 radical (unpaired) electrons. The third kappa shape index (κ3) is 6.61. The summed E-state index contributed by atoms with van der Waals surface area (Å²) in [4.78, 5) is 12.3. The van der Waals surface area contributed by atoms with Gasteiger partial charge in [-0.15, -0.1) is 0 Å². The number of benzene rings is 1. The average Bonchev–Trinajstić information content (AvgIpc) is 2.46. The zero-order chi connectivity index (χ0) is 17.6. The molecule has 0 aromatic heterocycles. The number of aryl methyl sites for hydroxylation is 1. The van der Waals surface area contributed by atoms with Crippen molar-refractivity contribution in [3.05, 3.63) is 53.4 Å². The van der Waals surface area contributed by atoms with Gasteiger partial charge < -0.3 is 5.32 Å². The topological polar surface area (TPSA) is 29.1 Å². The zero-order valence-corrected chi connectivity index (χ0v) is 15.3. The van der Waals surface area contributed by atoms with Crippen molar-refractivity contribution in [2.45, 2.75) is 40.5 Å². The maximum atomic E-state index is 13.5. The quantitative estimate of drug-likeness (QED) is 0.419. The first-order valence-electron chi connectivity index (χ1n) is 7.70. The highest BCUT2D eigenvalue weighted by Gasteiger charge is 2.15. The molecule has 0 fully saturated rings. The number of hydrogen-bond donors (Lipinski definition) is 2. The van der Waals surface area contributed by atoms with Crippen molar-refractivity contribution in [1.29, 1.82) is 0 Å². The van der Waals surface area contributed by atoms with Crippen molar-refractivity contribution < 1.29 is 9.18 Å². The van der Waals surface area contributed by atoms with Gasteiger partial charge in [0.15, 0.2) is 0 Å². The highest BCUT2D eigenvalue weighted by Crippen LogP contribution is 2.26. The van der Waals surface area contributed by atoms with Crippen molar-refractivity contribution in [2.24, 2.45) is 5.41 Å². The second-order valence-corrected chi connectivity index (χ2v) is 7.23. The summed E-state index contributed by atoms with van der Waals surface area (Å²) in [5.41, 5.74) is 2.77. The van der Waals surface area contributed by atoms with Crippen molar-refractivity contribution in [1.82, 2.24) is 0 Å². The average molecular weight is 335 g/mol. The lowest BCUT2D eigenvalue weighted by Crippen LogP contribution is -2.16. The monoisotopic (exact) mass is 335 g/mol. The van der Waals surface area contributed by atoms with Crippen LogP contribution in [0.4, 0.5) is 10.1 Å². The molecule has 1 aromatic carbocycles. The Morgan fingerprint density at radius 1 is 1.39 bits per heavy atom. The lowest BCUT2D eigenvalue weighted by molar-refractivity contribution is -0.112. The minimum absolute atomic E-state index is 0.142. The molecule has 2 nitrogen and oxygen atoms in total. The van der Waals surface area contributed by atoms with Crippen LogP contribution in [0.25, 0.3) is 0 Å². The summed E-state index contributed by atoms with van der Waals surface area (Å²) in [5, 5.41) is 2.84. The van der Waals surface area contributed by atoms with Gasteiger partial charge in [-0.2, -0.15) is 12.6 Å². The van der Waals surface area contributed by atoms with E-state index >= 15 is 0 Å². The van der Waals surface area contributed by atoms with E-state index in [0.29, 0.717) is 23.4 Å². The van der Waals surface area contributed by atoms with Crippen LogP contribution >= 0.6 is 12.6 Å². The predicted octanol–water partition coefficient (Wildman–Crippen LogP) is 5.18. The van der Waals surface area contributed by atoms with E-state index in [-0.39, 0.29) is 17.1 Å². The van der Waals surface area contributed by atoms with Gasteiger partial charge in [-0.25, -0.2) is 4.39 Å². The second-order valence-electron chi connectivity index (χ2n) is 6.86. The molecule has 1 N–H and O–H groups in total. The molecule has 23 heavy (non-hydrogen) atoms. The molecule has 0 saturated heterocycles. The van der Waals surface area contributed by atoms with Crippen LogP contribution in [0.15, 0.2) is 42.0 Å². The van der Waals surface area contributed by atoms with Gasteiger partial charge in [-0.05, 0) is 54.5 Å². The SMILES string of the molecule is C=C(C(=O)Nc1ccc(F)cc1CCC(C)(C)C)/C(C)=C\CS. The number of rotatable bonds is 6. The Kier molecular flexibility index (Phi) is 7.07. The fourth-order valence-corrected chi connectivity index (χ4v) is 2.31. The number of amides is 1. The molecule has 0 aliphatic carbocycles. The molecular formula is C19H26FNOS. The predicted molar refractivity (Wildman–Crippen MR) is 99.6 cm³/mol. The van der Waals surface area contributed by atoms with Gasteiger partial charge in [-0.3, -0.25) is 4.79 Å². The molecule has 1 amide bonds. The highest BCUT2D eigenvalue weighted by molar-refractivity contribution is 7.80. The minimum Gasteiger partial charge on any atom is -0.322 e. The molecule has 0 heterocycles. The maximum absolute atomic E-state index is 13.5. The number of hydrogen-bond acceptors (Lipinski definition) is 2. The molecule has 4 heteroatoms. The van der Waals surface area contributed by atoms with Gasteiger partial charge in [0, 0.05) is 17.0 Å². The molecule has 0 bridgehead atoms. The van der Waals surface area contributed by atoms with Gasteiger partial charge in [0.25, 0.3) is 5.91 Å². The summed E-state index contributed by atoms with van der Waals surface area (Å²) in [7, 11) is 0. The zero-order valence-electron chi connectivity index (χ0n) is 14.4. The first-order valence-corrected chi connectivity index (χ1v) is 8.34. The summed E-state index contributed by atoms with van der Waals surface area (Å²) in [6.07, 6.45) is 3.43. The largest absolute Gasteiger partial charge is 0.322 e. The lowest BCUT2D eigenvalue weighted by atomic mass is 9.88. The fourth-order valence-electron chi connectivity index (χ4n) is 2.04. The first-order chi connectivity index (χ1) is 10.6. The van der Waals surface area contributed by atoms with Gasteiger partial charge in [0.2, 0.25) is 0 Å². The van der Waals surface area contributed by atoms with Crippen LogP contribution in [0.3, 0.4) is 0 Å². The number of anilines is 1. The van der Waals surface area contributed by atoms with Crippen molar-refractivity contribution >= 4 is 24.2 Å². The highest BCUT2D eigenvalue weighted by atomic mass is 32.1. The van der Waals surface area contributed by atoms with E-state index in [2.05, 4.69) is 45.3 Å². The number of carbonyl (C=O) groups is 1. The second kappa shape index (κ2) is 8.34. The normalized spacial score (nSPS) is 12.2. The summed E-state index contributed by atoms with van der Waals surface area (Å²) in [6, 6.07) is 4.45. The Morgan fingerprint density at radius 3 is 2.61 bits per heavy atom. The molecule has 1 rings (SSSR count). The van der Waals surface area contributed by atoms with E-state index in [0.717, 1.165) is 17.6 Å². The third-order valence-electron chi connectivity index (χ3n) is 3.61. The van der Waals surface area contributed by atoms with Crippen molar-refractivity contribution in [3.63, 3.8) is 0 Å².